The van der Waals surface area contributed by atoms with E-state index in [9.17, 15) is 13.6 Å². The number of carbonyl (C=O) groups is 1. The second-order valence-electron chi connectivity index (χ2n) is 5.83. The molecular weight excluding hydrogens is 264 g/mol. The van der Waals surface area contributed by atoms with Crippen LogP contribution in [0.25, 0.3) is 0 Å². The third-order valence-corrected chi connectivity index (χ3v) is 4.31. The Morgan fingerprint density at radius 3 is 2.50 bits per heavy atom. The zero-order chi connectivity index (χ0) is 14.8. The molecule has 1 aliphatic rings. The summed E-state index contributed by atoms with van der Waals surface area (Å²) in [5.74, 6) is -4.28. The first-order valence-electron chi connectivity index (χ1n) is 7.17. The highest BCUT2D eigenvalue weighted by Crippen LogP contribution is 2.38. The van der Waals surface area contributed by atoms with Gasteiger partial charge in [-0.05, 0) is 11.8 Å². The van der Waals surface area contributed by atoms with Gasteiger partial charge in [0.05, 0.1) is 0 Å². The molecule has 0 amide bonds. The van der Waals surface area contributed by atoms with Crippen LogP contribution in [-0.4, -0.2) is 26.5 Å². The minimum atomic E-state index is -3.35. The van der Waals surface area contributed by atoms with Gasteiger partial charge in [-0.15, -0.1) is 0 Å². The van der Waals surface area contributed by atoms with Gasteiger partial charge in [0.15, 0.2) is 0 Å². The minimum Gasteiger partial charge on any atom is -0.290 e. The van der Waals surface area contributed by atoms with Gasteiger partial charge >= 0.3 is 5.92 Å². The smallest absolute Gasteiger partial charge is 0.290 e. The molecule has 0 aliphatic heterocycles. The molecule has 4 nitrogen and oxygen atoms in total. The third-order valence-electron chi connectivity index (χ3n) is 4.31. The summed E-state index contributed by atoms with van der Waals surface area (Å²) in [6, 6.07) is -0.930. The maximum atomic E-state index is 13.5. The first-order valence-corrected chi connectivity index (χ1v) is 7.17. The molecule has 0 bridgehead atoms. The van der Waals surface area contributed by atoms with Gasteiger partial charge < -0.3 is 0 Å². The Kier molecular flexibility index (Phi) is 4.50. The standard InChI is InChI=1S/C14H21F2N3O/c1-10(11-6-4-3-5-7-11)12(13(20)14(2,15)16)19-9-17-8-18-19/h8-12H,3-7H2,1-2H3. The number of carbonyl (C=O) groups excluding carboxylic acids is 1. The van der Waals surface area contributed by atoms with Crippen molar-refractivity contribution in [3.8, 4) is 0 Å². The van der Waals surface area contributed by atoms with E-state index in [1.807, 2.05) is 6.92 Å². The topological polar surface area (TPSA) is 47.8 Å². The summed E-state index contributed by atoms with van der Waals surface area (Å²) in [6.07, 6.45) is 8.03. The second kappa shape index (κ2) is 5.97. The predicted octanol–water partition coefficient (Wildman–Crippen LogP) is 3.26. The molecule has 0 aromatic carbocycles. The monoisotopic (exact) mass is 285 g/mol. The van der Waals surface area contributed by atoms with Crippen molar-refractivity contribution in [3.05, 3.63) is 12.7 Å². The lowest BCUT2D eigenvalue weighted by Gasteiger charge is -2.33. The van der Waals surface area contributed by atoms with Crippen LogP contribution in [-0.2, 0) is 4.79 Å². The summed E-state index contributed by atoms with van der Waals surface area (Å²) in [5, 5.41) is 3.92. The Balaban J connectivity index is 2.24. The van der Waals surface area contributed by atoms with Crippen LogP contribution in [0.4, 0.5) is 8.78 Å². The molecule has 1 aliphatic carbocycles. The van der Waals surface area contributed by atoms with Crippen molar-refractivity contribution in [3.63, 3.8) is 0 Å². The van der Waals surface area contributed by atoms with Gasteiger partial charge in [0.2, 0.25) is 5.78 Å². The summed E-state index contributed by atoms with van der Waals surface area (Å²) >= 11 is 0. The van der Waals surface area contributed by atoms with Crippen LogP contribution in [0.3, 0.4) is 0 Å². The van der Waals surface area contributed by atoms with Crippen LogP contribution in [0.5, 0.6) is 0 Å². The first kappa shape index (κ1) is 15.1. The summed E-state index contributed by atoms with van der Waals surface area (Å²) in [5.41, 5.74) is 0. The van der Waals surface area contributed by atoms with E-state index >= 15 is 0 Å². The fourth-order valence-corrected chi connectivity index (χ4v) is 3.14. The Morgan fingerprint density at radius 1 is 1.35 bits per heavy atom. The quantitative estimate of drug-likeness (QED) is 0.834. The number of aromatic nitrogens is 3. The van der Waals surface area contributed by atoms with Crippen molar-refractivity contribution in [2.75, 3.05) is 0 Å². The number of hydrogen-bond donors (Lipinski definition) is 0. The number of ketones is 1. The van der Waals surface area contributed by atoms with Crippen LogP contribution in [0.1, 0.15) is 52.0 Å². The van der Waals surface area contributed by atoms with Crippen molar-refractivity contribution < 1.29 is 13.6 Å². The molecule has 0 radical (unpaired) electrons. The minimum absolute atomic E-state index is 0.157. The zero-order valence-corrected chi connectivity index (χ0v) is 11.9. The number of halogens is 2. The first-order chi connectivity index (χ1) is 9.41. The Morgan fingerprint density at radius 2 is 2.00 bits per heavy atom. The number of Topliss-reactive ketones (excluding diaryl/α,β-unsaturated/α-hetero) is 1. The summed E-state index contributed by atoms with van der Waals surface area (Å²) in [4.78, 5) is 15.9. The van der Waals surface area contributed by atoms with Crippen molar-refractivity contribution in [1.82, 2.24) is 14.8 Å². The number of alkyl halides is 2. The second-order valence-corrected chi connectivity index (χ2v) is 5.83. The van der Waals surface area contributed by atoms with Crippen LogP contribution < -0.4 is 0 Å². The highest BCUT2D eigenvalue weighted by Gasteiger charge is 2.43. The lowest BCUT2D eigenvalue weighted by molar-refractivity contribution is -0.147. The van der Waals surface area contributed by atoms with Crippen molar-refractivity contribution in [2.45, 2.75) is 57.9 Å². The molecule has 1 fully saturated rings. The molecule has 0 saturated heterocycles. The molecule has 6 heteroatoms. The largest absolute Gasteiger partial charge is 0.304 e. The van der Waals surface area contributed by atoms with E-state index in [2.05, 4.69) is 10.1 Å². The maximum absolute atomic E-state index is 13.5. The molecule has 2 atom stereocenters. The van der Waals surface area contributed by atoms with Crippen LogP contribution >= 0.6 is 0 Å². The highest BCUT2D eigenvalue weighted by molar-refractivity contribution is 5.89. The molecule has 0 spiro atoms. The summed E-state index contributed by atoms with van der Waals surface area (Å²) < 4.78 is 28.2. The van der Waals surface area contributed by atoms with Gasteiger partial charge in [-0.3, -0.25) is 4.79 Å². The highest BCUT2D eigenvalue weighted by atomic mass is 19.3. The predicted molar refractivity (Wildman–Crippen MR) is 70.4 cm³/mol. The average molecular weight is 285 g/mol. The molecule has 1 aromatic rings. The SMILES string of the molecule is CC(C1CCCCC1)C(C(=O)C(C)(F)F)n1cncn1. The van der Waals surface area contributed by atoms with E-state index in [-0.39, 0.29) is 5.92 Å². The van der Waals surface area contributed by atoms with E-state index in [0.29, 0.717) is 12.8 Å². The van der Waals surface area contributed by atoms with Gasteiger partial charge in [-0.25, -0.2) is 9.67 Å². The van der Waals surface area contributed by atoms with E-state index in [1.165, 1.54) is 23.8 Å². The molecule has 1 heterocycles. The van der Waals surface area contributed by atoms with Gasteiger partial charge in [0.1, 0.15) is 18.7 Å². The van der Waals surface area contributed by atoms with Crippen LogP contribution in [0.15, 0.2) is 12.7 Å². The molecule has 1 saturated carbocycles. The van der Waals surface area contributed by atoms with Gasteiger partial charge in [0, 0.05) is 6.92 Å². The summed E-state index contributed by atoms with van der Waals surface area (Å²) in [7, 11) is 0. The van der Waals surface area contributed by atoms with Crippen molar-refractivity contribution >= 4 is 5.78 Å². The summed E-state index contributed by atoms with van der Waals surface area (Å²) in [6.45, 7) is 2.54. The molecular formula is C14H21F2N3O. The molecule has 112 valence electrons. The molecule has 2 unspecified atom stereocenters. The molecule has 0 N–H and O–H groups in total. The van der Waals surface area contributed by atoms with E-state index in [1.54, 1.807) is 0 Å². The number of nitrogens with zero attached hydrogens (tertiary/aromatic N) is 3. The maximum Gasteiger partial charge on any atom is 0.304 e. The third kappa shape index (κ3) is 3.22. The lowest BCUT2D eigenvalue weighted by atomic mass is 9.76. The van der Waals surface area contributed by atoms with E-state index in [4.69, 9.17) is 0 Å². The van der Waals surface area contributed by atoms with Crippen molar-refractivity contribution in [1.29, 1.82) is 0 Å². The Hall–Kier alpha value is -1.33. The fraction of sp³-hybridized carbons (Fsp3) is 0.786. The normalized spacial score (nSPS) is 20.6. The van der Waals surface area contributed by atoms with Crippen LogP contribution in [0.2, 0.25) is 0 Å². The average Bonchev–Trinajstić information content (AvgIpc) is 2.92. The number of hydrogen-bond acceptors (Lipinski definition) is 3. The van der Waals surface area contributed by atoms with Gasteiger partial charge in [0.25, 0.3) is 0 Å². The molecule has 2 rings (SSSR count). The zero-order valence-electron chi connectivity index (χ0n) is 11.9. The molecule has 1 aromatic heterocycles. The fourth-order valence-electron chi connectivity index (χ4n) is 3.14. The lowest BCUT2D eigenvalue weighted by Crippen LogP contribution is -2.39. The van der Waals surface area contributed by atoms with E-state index < -0.39 is 17.7 Å². The Labute approximate surface area is 117 Å². The Bertz CT molecular complexity index is 436. The van der Waals surface area contributed by atoms with Gasteiger partial charge in [-0.1, -0.05) is 39.0 Å². The van der Waals surface area contributed by atoms with Gasteiger partial charge in [-0.2, -0.15) is 13.9 Å². The van der Waals surface area contributed by atoms with E-state index in [0.717, 1.165) is 25.7 Å². The number of rotatable bonds is 5. The van der Waals surface area contributed by atoms with Crippen LogP contribution in [0, 0.1) is 11.8 Å². The molecule has 20 heavy (non-hydrogen) atoms. The van der Waals surface area contributed by atoms with Crippen molar-refractivity contribution in [2.24, 2.45) is 11.8 Å².